The van der Waals surface area contributed by atoms with Crippen LogP contribution in [0.2, 0.25) is 0 Å². The fraction of sp³-hybridized carbons (Fsp3) is 0.231. The lowest BCUT2D eigenvalue weighted by molar-refractivity contribution is -0.140. The average molecular weight is 231 g/mol. The van der Waals surface area contributed by atoms with E-state index in [1.54, 1.807) is 24.3 Å². The molecule has 3 N–H and O–H groups in total. The van der Waals surface area contributed by atoms with E-state index in [1.807, 2.05) is 6.07 Å². The van der Waals surface area contributed by atoms with Gasteiger partial charge in [-0.1, -0.05) is 24.3 Å². The minimum atomic E-state index is -0.784. The Kier molecular flexibility index (Phi) is 2.71. The van der Waals surface area contributed by atoms with E-state index in [1.165, 1.54) is 6.08 Å². The van der Waals surface area contributed by atoms with Crippen LogP contribution in [0.5, 0.6) is 0 Å². The summed E-state index contributed by atoms with van der Waals surface area (Å²) in [5.41, 5.74) is 5.87. The molecule has 1 aromatic carbocycles. The molecule has 0 radical (unpaired) electrons. The van der Waals surface area contributed by atoms with Crippen molar-refractivity contribution in [1.82, 2.24) is 0 Å². The molecule has 1 amide bonds. The minimum absolute atomic E-state index is 0.519. The van der Waals surface area contributed by atoms with E-state index in [-0.39, 0.29) is 0 Å². The van der Waals surface area contributed by atoms with Crippen LogP contribution >= 0.6 is 0 Å². The molecule has 1 fully saturated rings. The van der Waals surface area contributed by atoms with E-state index in [9.17, 15) is 14.7 Å². The highest BCUT2D eigenvalue weighted by molar-refractivity contribution is 5.90. The van der Waals surface area contributed by atoms with Crippen molar-refractivity contribution in [2.24, 2.45) is 5.73 Å². The van der Waals surface area contributed by atoms with Gasteiger partial charge >= 0.3 is 5.97 Å². The molecule has 4 heteroatoms. The number of hydrogen-bond donors (Lipinski definition) is 2. The fourth-order valence-electron chi connectivity index (χ4n) is 1.87. The zero-order valence-corrected chi connectivity index (χ0v) is 9.22. The van der Waals surface area contributed by atoms with Crippen LogP contribution in [0.3, 0.4) is 0 Å². The van der Waals surface area contributed by atoms with Crippen LogP contribution in [0.4, 0.5) is 0 Å². The standard InChI is InChI=1S/C13H13NO3/c14-11(15)5-4-9-2-1-3-10(8-9)13(6-7-13)12(16)17/h1-5,8H,6-7H2,(H2,14,15)(H,16,17). The Morgan fingerprint density at radius 3 is 2.59 bits per heavy atom. The van der Waals surface area contributed by atoms with Crippen LogP contribution in [-0.4, -0.2) is 17.0 Å². The zero-order valence-electron chi connectivity index (χ0n) is 9.22. The van der Waals surface area contributed by atoms with Gasteiger partial charge in [0.05, 0.1) is 5.41 Å². The number of benzene rings is 1. The lowest BCUT2D eigenvalue weighted by atomic mass is 9.94. The molecule has 1 aliphatic rings. The Hall–Kier alpha value is -2.10. The fourth-order valence-corrected chi connectivity index (χ4v) is 1.87. The maximum atomic E-state index is 11.2. The number of rotatable bonds is 4. The van der Waals surface area contributed by atoms with E-state index in [0.717, 1.165) is 11.1 Å². The molecule has 1 saturated carbocycles. The van der Waals surface area contributed by atoms with Crippen LogP contribution in [0.15, 0.2) is 30.3 Å². The van der Waals surface area contributed by atoms with Gasteiger partial charge in [0.15, 0.2) is 0 Å². The first-order valence-electron chi connectivity index (χ1n) is 5.36. The molecule has 0 atom stereocenters. The van der Waals surface area contributed by atoms with E-state index in [0.29, 0.717) is 12.8 Å². The highest BCUT2D eigenvalue weighted by Gasteiger charge is 2.51. The largest absolute Gasteiger partial charge is 0.481 e. The summed E-state index contributed by atoms with van der Waals surface area (Å²) in [6.45, 7) is 0. The van der Waals surface area contributed by atoms with Crippen LogP contribution in [0.25, 0.3) is 6.08 Å². The van der Waals surface area contributed by atoms with Gasteiger partial charge in [-0.15, -0.1) is 0 Å². The van der Waals surface area contributed by atoms with Crippen molar-refractivity contribution < 1.29 is 14.7 Å². The number of hydrogen-bond acceptors (Lipinski definition) is 2. The maximum Gasteiger partial charge on any atom is 0.314 e. The third-order valence-electron chi connectivity index (χ3n) is 3.04. The normalized spacial score (nSPS) is 16.9. The third kappa shape index (κ3) is 2.20. The van der Waals surface area contributed by atoms with Crippen molar-refractivity contribution in [3.63, 3.8) is 0 Å². The van der Waals surface area contributed by atoms with E-state index in [4.69, 9.17) is 5.73 Å². The maximum absolute atomic E-state index is 11.2. The Morgan fingerprint density at radius 2 is 2.06 bits per heavy atom. The first-order chi connectivity index (χ1) is 8.04. The van der Waals surface area contributed by atoms with Gasteiger partial charge in [-0.25, -0.2) is 0 Å². The quantitative estimate of drug-likeness (QED) is 0.766. The molecule has 17 heavy (non-hydrogen) atoms. The van der Waals surface area contributed by atoms with Crippen LogP contribution < -0.4 is 5.73 Å². The lowest BCUT2D eigenvalue weighted by Gasteiger charge is -2.10. The highest BCUT2D eigenvalue weighted by Crippen LogP contribution is 2.48. The van der Waals surface area contributed by atoms with Crippen LogP contribution in [0, 0.1) is 0 Å². The monoisotopic (exact) mass is 231 g/mol. The molecule has 0 aliphatic heterocycles. The second-order valence-electron chi connectivity index (χ2n) is 4.25. The molecule has 2 rings (SSSR count). The van der Waals surface area contributed by atoms with Crippen molar-refractivity contribution in [2.45, 2.75) is 18.3 Å². The van der Waals surface area contributed by atoms with Crippen molar-refractivity contribution in [3.05, 3.63) is 41.5 Å². The lowest BCUT2D eigenvalue weighted by Crippen LogP contribution is -2.19. The zero-order chi connectivity index (χ0) is 12.5. The summed E-state index contributed by atoms with van der Waals surface area (Å²) < 4.78 is 0. The second kappa shape index (κ2) is 4.05. The van der Waals surface area contributed by atoms with Crippen molar-refractivity contribution in [2.75, 3.05) is 0 Å². The number of aliphatic carboxylic acids is 1. The molecule has 1 aliphatic carbocycles. The number of nitrogens with two attached hydrogens (primary N) is 1. The van der Waals surface area contributed by atoms with Crippen molar-refractivity contribution in [1.29, 1.82) is 0 Å². The Bertz CT molecular complexity index is 501. The summed E-state index contributed by atoms with van der Waals surface area (Å²) in [7, 11) is 0. The molecule has 0 spiro atoms. The summed E-state index contributed by atoms with van der Waals surface area (Å²) in [5.74, 6) is -1.30. The van der Waals surface area contributed by atoms with Gasteiger partial charge in [0.25, 0.3) is 0 Å². The molecular formula is C13H13NO3. The van der Waals surface area contributed by atoms with Crippen molar-refractivity contribution in [3.8, 4) is 0 Å². The smallest absolute Gasteiger partial charge is 0.314 e. The molecule has 88 valence electrons. The predicted octanol–water partition coefficient (Wildman–Crippen LogP) is 1.30. The first kappa shape index (κ1) is 11.4. The molecular weight excluding hydrogens is 218 g/mol. The molecule has 0 unspecified atom stereocenters. The third-order valence-corrected chi connectivity index (χ3v) is 3.04. The van der Waals surface area contributed by atoms with Gasteiger partial charge < -0.3 is 10.8 Å². The summed E-state index contributed by atoms with van der Waals surface area (Å²) >= 11 is 0. The number of amides is 1. The minimum Gasteiger partial charge on any atom is -0.481 e. The number of primary amides is 1. The average Bonchev–Trinajstić information content (AvgIpc) is 3.08. The first-order valence-corrected chi connectivity index (χ1v) is 5.36. The molecule has 0 aromatic heterocycles. The summed E-state index contributed by atoms with van der Waals surface area (Å²) in [4.78, 5) is 21.8. The Balaban J connectivity index is 2.29. The molecule has 1 aromatic rings. The second-order valence-corrected chi connectivity index (χ2v) is 4.25. The summed E-state index contributed by atoms with van der Waals surface area (Å²) in [5, 5.41) is 9.17. The van der Waals surface area contributed by atoms with E-state index >= 15 is 0 Å². The summed E-state index contributed by atoms with van der Waals surface area (Å²) in [6.07, 6.45) is 4.19. The Morgan fingerprint density at radius 1 is 1.35 bits per heavy atom. The summed E-state index contributed by atoms with van der Waals surface area (Å²) in [6, 6.07) is 7.20. The van der Waals surface area contributed by atoms with Crippen molar-refractivity contribution >= 4 is 18.0 Å². The predicted molar refractivity (Wildman–Crippen MR) is 63.2 cm³/mol. The van der Waals surface area contributed by atoms with Crippen LogP contribution in [0.1, 0.15) is 24.0 Å². The molecule has 4 nitrogen and oxygen atoms in total. The van der Waals surface area contributed by atoms with E-state index in [2.05, 4.69) is 0 Å². The topological polar surface area (TPSA) is 80.4 Å². The van der Waals surface area contributed by atoms with E-state index < -0.39 is 17.3 Å². The molecule has 0 saturated heterocycles. The number of carboxylic acid groups (broad SMARTS) is 1. The Labute approximate surface area is 98.7 Å². The van der Waals surface area contributed by atoms with Gasteiger partial charge in [-0.3, -0.25) is 9.59 Å². The molecule has 0 heterocycles. The van der Waals surface area contributed by atoms with Gasteiger partial charge in [0.1, 0.15) is 0 Å². The van der Waals surface area contributed by atoms with Gasteiger partial charge in [-0.2, -0.15) is 0 Å². The number of carboxylic acids is 1. The van der Waals surface area contributed by atoms with Gasteiger partial charge in [0.2, 0.25) is 5.91 Å². The SMILES string of the molecule is NC(=O)C=Cc1cccc(C2(C(=O)O)CC2)c1. The van der Waals surface area contributed by atoms with Crippen LogP contribution in [-0.2, 0) is 15.0 Å². The number of carbonyl (C=O) groups excluding carboxylic acids is 1. The van der Waals surface area contributed by atoms with Gasteiger partial charge in [-0.05, 0) is 30.0 Å². The molecule has 0 bridgehead atoms. The number of carbonyl (C=O) groups is 2. The highest BCUT2D eigenvalue weighted by atomic mass is 16.4. The van der Waals surface area contributed by atoms with Gasteiger partial charge in [0, 0.05) is 6.08 Å².